The molecule has 28 heavy (non-hydrogen) atoms. The van der Waals surface area contributed by atoms with Crippen molar-refractivity contribution in [2.45, 2.75) is 32.0 Å². The molecule has 0 aliphatic carbocycles. The number of aromatic amines is 1. The molecule has 2 N–H and O–H groups in total. The van der Waals surface area contributed by atoms with Gasteiger partial charge in [-0.25, -0.2) is 4.79 Å². The molecule has 0 amide bonds. The van der Waals surface area contributed by atoms with Crippen LogP contribution in [0.15, 0.2) is 51.2 Å². The number of nitrogens with one attached hydrogen (secondary N) is 1. The number of hydrogen-bond donors (Lipinski definition) is 2. The Morgan fingerprint density at radius 2 is 2.11 bits per heavy atom. The summed E-state index contributed by atoms with van der Waals surface area (Å²) >= 11 is 0. The Kier molecular flexibility index (Phi) is 6.27. The molecule has 1 aromatic heterocycles. The molecule has 1 aliphatic rings. The van der Waals surface area contributed by atoms with Gasteiger partial charge in [-0.2, -0.15) is 0 Å². The third-order valence-electron chi connectivity index (χ3n) is 4.69. The van der Waals surface area contributed by atoms with E-state index in [0.29, 0.717) is 12.2 Å². The Labute approximate surface area is 160 Å². The van der Waals surface area contributed by atoms with Gasteiger partial charge < -0.3 is 14.6 Å². The number of nitrogens with zero attached hydrogens (tertiary/aromatic N) is 4. The summed E-state index contributed by atoms with van der Waals surface area (Å²) < 4.78 is 12.7. The van der Waals surface area contributed by atoms with Gasteiger partial charge in [-0.1, -0.05) is 35.4 Å². The zero-order valence-corrected chi connectivity index (χ0v) is 15.3. The molecule has 1 fully saturated rings. The van der Waals surface area contributed by atoms with Gasteiger partial charge in [0.15, 0.2) is 6.23 Å². The van der Waals surface area contributed by atoms with Crippen molar-refractivity contribution in [3.05, 3.63) is 78.9 Å². The topological polar surface area (TPSA) is 142 Å². The third kappa shape index (κ3) is 4.32. The molecule has 148 valence electrons. The van der Waals surface area contributed by atoms with Crippen LogP contribution < -0.4 is 11.2 Å². The Hall–Kier alpha value is -2.91. The summed E-state index contributed by atoms with van der Waals surface area (Å²) in [4.78, 5) is 28.7. The molecule has 10 nitrogen and oxygen atoms in total. The average Bonchev–Trinajstić information content (AvgIpc) is 2.99. The molecular weight excluding hydrogens is 366 g/mol. The molecule has 0 bridgehead atoms. The van der Waals surface area contributed by atoms with E-state index in [4.69, 9.17) is 15.0 Å². The zero-order chi connectivity index (χ0) is 20.1. The molecule has 4 atom stereocenters. The van der Waals surface area contributed by atoms with Gasteiger partial charge in [0, 0.05) is 29.1 Å². The highest BCUT2D eigenvalue weighted by molar-refractivity contribution is 5.13. The second kappa shape index (κ2) is 8.85. The van der Waals surface area contributed by atoms with E-state index in [2.05, 4.69) is 15.0 Å². The van der Waals surface area contributed by atoms with Crippen LogP contribution in [-0.4, -0.2) is 40.0 Å². The van der Waals surface area contributed by atoms with Gasteiger partial charge in [-0.05, 0) is 18.0 Å². The molecule has 1 saturated heterocycles. The summed E-state index contributed by atoms with van der Waals surface area (Å²) in [5.41, 5.74) is 8.74. The highest BCUT2D eigenvalue weighted by Crippen LogP contribution is 2.34. The van der Waals surface area contributed by atoms with Crippen LogP contribution in [0.5, 0.6) is 0 Å². The Bertz CT molecular complexity index is 966. The number of rotatable bonds is 7. The number of ether oxygens (including phenoxy) is 2. The first-order chi connectivity index (χ1) is 13.5. The fourth-order valence-electron chi connectivity index (χ4n) is 3.18. The van der Waals surface area contributed by atoms with Gasteiger partial charge in [-0.3, -0.25) is 14.3 Å². The van der Waals surface area contributed by atoms with Gasteiger partial charge in [-0.15, -0.1) is 0 Å². The van der Waals surface area contributed by atoms with Crippen LogP contribution in [0.1, 0.15) is 17.4 Å². The van der Waals surface area contributed by atoms with Crippen molar-refractivity contribution in [3.63, 3.8) is 0 Å². The van der Waals surface area contributed by atoms with Gasteiger partial charge in [0.05, 0.1) is 19.3 Å². The van der Waals surface area contributed by atoms with E-state index in [1.807, 2.05) is 30.3 Å². The lowest BCUT2D eigenvalue weighted by molar-refractivity contribution is -0.0674. The fraction of sp³-hybridized carbons (Fsp3) is 0.444. The summed E-state index contributed by atoms with van der Waals surface area (Å²) in [6.07, 6.45) is -1.38. The number of azide groups is 1. The summed E-state index contributed by atoms with van der Waals surface area (Å²) in [7, 11) is 0. The molecule has 0 saturated carbocycles. The Balaban J connectivity index is 1.77. The van der Waals surface area contributed by atoms with Crippen molar-refractivity contribution in [1.82, 2.24) is 9.55 Å². The highest BCUT2D eigenvalue weighted by atomic mass is 16.6. The van der Waals surface area contributed by atoms with E-state index < -0.39 is 35.6 Å². The van der Waals surface area contributed by atoms with E-state index in [1.54, 1.807) is 6.92 Å². The SMILES string of the molecule is Cc1cn([C@@H]2O[C@H](COCc3ccccc3)[C@@H](CN=[N+]=[N-])[C@H]2O)c(=O)[nH]c1=O. The van der Waals surface area contributed by atoms with Crippen molar-refractivity contribution < 1.29 is 14.6 Å². The monoisotopic (exact) mass is 387 g/mol. The van der Waals surface area contributed by atoms with Crippen LogP contribution in [0, 0.1) is 12.8 Å². The fourth-order valence-corrected chi connectivity index (χ4v) is 3.18. The molecule has 2 heterocycles. The smallest absolute Gasteiger partial charge is 0.330 e. The van der Waals surface area contributed by atoms with Gasteiger partial charge in [0.2, 0.25) is 0 Å². The van der Waals surface area contributed by atoms with E-state index in [1.165, 1.54) is 6.20 Å². The van der Waals surface area contributed by atoms with Crippen molar-refractivity contribution >= 4 is 0 Å². The number of aliphatic hydroxyl groups excluding tert-OH is 1. The average molecular weight is 387 g/mol. The molecule has 1 aliphatic heterocycles. The predicted octanol–water partition coefficient (Wildman–Crippen LogP) is 1.25. The maximum absolute atomic E-state index is 12.2. The van der Waals surface area contributed by atoms with Crippen LogP contribution in [0.2, 0.25) is 0 Å². The Morgan fingerprint density at radius 1 is 1.36 bits per heavy atom. The Morgan fingerprint density at radius 3 is 2.82 bits per heavy atom. The van der Waals surface area contributed by atoms with E-state index >= 15 is 0 Å². The van der Waals surface area contributed by atoms with Crippen LogP contribution in [0.25, 0.3) is 10.4 Å². The summed E-state index contributed by atoms with van der Waals surface area (Å²) in [5.74, 6) is -0.559. The standard InChI is InChI=1S/C18H21N5O5/c1-11-8-23(18(26)21-16(11)25)17-15(24)13(7-20-22-19)14(28-17)10-27-9-12-5-3-2-4-6-12/h2-6,8,13-15,17,24H,7,9-10H2,1H3,(H,21,25,26)/t13-,14-,15-,17-/m1/s1. The van der Waals surface area contributed by atoms with Crippen molar-refractivity contribution in [1.29, 1.82) is 0 Å². The van der Waals surface area contributed by atoms with E-state index in [0.717, 1.165) is 10.1 Å². The van der Waals surface area contributed by atoms with Gasteiger partial charge >= 0.3 is 5.69 Å². The number of H-pyrrole nitrogens is 1. The molecule has 0 spiro atoms. The molecule has 0 unspecified atom stereocenters. The lowest BCUT2D eigenvalue weighted by atomic mass is 9.98. The van der Waals surface area contributed by atoms with Crippen LogP contribution >= 0.6 is 0 Å². The van der Waals surface area contributed by atoms with Crippen LogP contribution in [-0.2, 0) is 16.1 Å². The molecule has 0 radical (unpaired) electrons. The van der Waals surface area contributed by atoms with Crippen molar-refractivity contribution in [2.24, 2.45) is 11.0 Å². The number of aliphatic hydroxyl groups is 1. The lowest BCUT2D eigenvalue weighted by Crippen LogP contribution is -2.37. The minimum absolute atomic E-state index is 0.00931. The number of benzene rings is 1. The number of hydrogen-bond acceptors (Lipinski definition) is 6. The number of aromatic nitrogens is 2. The summed E-state index contributed by atoms with van der Waals surface area (Å²) in [5, 5.41) is 14.2. The molecular formula is C18H21N5O5. The lowest BCUT2D eigenvalue weighted by Gasteiger charge is -2.18. The maximum atomic E-state index is 12.2. The maximum Gasteiger partial charge on any atom is 0.330 e. The molecule has 2 aromatic rings. The van der Waals surface area contributed by atoms with Crippen LogP contribution in [0.4, 0.5) is 0 Å². The molecule has 1 aromatic carbocycles. The first-order valence-electron chi connectivity index (χ1n) is 8.79. The summed E-state index contributed by atoms with van der Waals surface area (Å²) in [6, 6.07) is 9.56. The van der Waals surface area contributed by atoms with Gasteiger partial charge in [0.1, 0.15) is 6.10 Å². The number of aryl methyl sites for hydroxylation is 1. The summed E-state index contributed by atoms with van der Waals surface area (Å²) in [6.45, 7) is 2.04. The molecule has 3 rings (SSSR count). The normalized spacial score (nSPS) is 24.1. The quantitative estimate of drug-likeness (QED) is 0.417. The molecule has 10 heteroatoms. The first-order valence-corrected chi connectivity index (χ1v) is 8.79. The van der Waals surface area contributed by atoms with E-state index in [-0.39, 0.29) is 13.2 Å². The third-order valence-corrected chi connectivity index (χ3v) is 4.69. The minimum Gasteiger partial charge on any atom is -0.388 e. The first kappa shape index (κ1) is 19.8. The second-order valence-corrected chi connectivity index (χ2v) is 6.61. The zero-order valence-electron chi connectivity index (χ0n) is 15.3. The van der Waals surface area contributed by atoms with Gasteiger partial charge in [0.25, 0.3) is 5.56 Å². The van der Waals surface area contributed by atoms with Crippen LogP contribution in [0.3, 0.4) is 0 Å². The highest BCUT2D eigenvalue weighted by Gasteiger charge is 2.44. The van der Waals surface area contributed by atoms with Crippen molar-refractivity contribution in [2.75, 3.05) is 13.2 Å². The largest absolute Gasteiger partial charge is 0.388 e. The minimum atomic E-state index is -1.11. The second-order valence-electron chi connectivity index (χ2n) is 6.61. The van der Waals surface area contributed by atoms with Crippen molar-refractivity contribution in [3.8, 4) is 0 Å². The van der Waals surface area contributed by atoms with E-state index in [9.17, 15) is 14.7 Å². The predicted molar refractivity (Wildman–Crippen MR) is 99.6 cm³/mol.